The number of nitrogens with zero attached hydrogens (tertiary/aromatic N) is 4. The highest BCUT2D eigenvalue weighted by Gasteiger charge is 2.34. The Morgan fingerprint density at radius 1 is 1.06 bits per heavy atom. The number of rotatable bonds is 5. The van der Waals surface area contributed by atoms with Gasteiger partial charge in [-0.3, -0.25) is 0 Å². The molecule has 3 aromatic rings. The fourth-order valence-electron chi connectivity index (χ4n) is 3.55. The van der Waals surface area contributed by atoms with Gasteiger partial charge in [0.25, 0.3) is 0 Å². The van der Waals surface area contributed by atoms with E-state index in [-0.39, 0.29) is 6.04 Å². The van der Waals surface area contributed by atoms with Crippen LogP contribution in [0.2, 0.25) is 5.02 Å². The third kappa shape index (κ3) is 4.66. The number of hydrogen-bond donors (Lipinski definition) is 0. The van der Waals surface area contributed by atoms with Crippen molar-refractivity contribution in [2.75, 3.05) is 24.5 Å². The van der Waals surface area contributed by atoms with Crippen LogP contribution >= 0.6 is 11.6 Å². The molecule has 31 heavy (non-hydrogen) atoms. The van der Waals surface area contributed by atoms with E-state index >= 15 is 0 Å². The monoisotopic (exact) mass is 458 g/mol. The topological polar surface area (TPSA) is 75.6 Å². The van der Waals surface area contributed by atoms with E-state index in [1.165, 1.54) is 6.33 Å². The molecule has 0 aliphatic carbocycles. The standard InChI is InChI=1S/C22H23ClN4O3S/c1-16-7-9-18(10-8-16)31(28,29)27-12-11-26(14-17(27)2)21-13-22(25-15-24-21)30-20-6-4-3-5-19(20)23/h3-10,13,15,17H,11-12,14H2,1-2H3/t17-/m0/s1. The number of sulfonamides is 1. The zero-order valence-corrected chi connectivity index (χ0v) is 18.8. The van der Waals surface area contributed by atoms with Gasteiger partial charge < -0.3 is 9.64 Å². The molecule has 162 valence electrons. The third-order valence-electron chi connectivity index (χ3n) is 5.20. The van der Waals surface area contributed by atoms with Crippen LogP contribution in [0.5, 0.6) is 11.6 Å². The number of ether oxygens (including phenoxy) is 1. The summed E-state index contributed by atoms with van der Waals surface area (Å²) >= 11 is 6.16. The van der Waals surface area contributed by atoms with Crippen molar-refractivity contribution in [3.63, 3.8) is 0 Å². The lowest BCUT2D eigenvalue weighted by molar-refractivity contribution is 0.305. The third-order valence-corrected chi connectivity index (χ3v) is 7.54. The lowest BCUT2D eigenvalue weighted by atomic mass is 10.2. The molecule has 0 saturated carbocycles. The molecule has 0 unspecified atom stereocenters. The number of halogens is 1. The summed E-state index contributed by atoms with van der Waals surface area (Å²) in [6, 6.07) is 15.6. The Morgan fingerprint density at radius 2 is 1.81 bits per heavy atom. The van der Waals surface area contributed by atoms with Crippen molar-refractivity contribution in [2.24, 2.45) is 0 Å². The molecule has 0 radical (unpaired) electrons. The zero-order chi connectivity index (χ0) is 22.0. The SMILES string of the molecule is Cc1ccc(S(=O)(=O)N2CCN(c3cc(Oc4ccccc4Cl)ncn3)C[C@@H]2C)cc1. The van der Waals surface area contributed by atoms with Crippen molar-refractivity contribution in [3.05, 3.63) is 71.5 Å². The van der Waals surface area contributed by atoms with E-state index in [0.29, 0.717) is 47.0 Å². The summed E-state index contributed by atoms with van der Waals surface area (Å²) in [4.78, 5) is 10.9. The molecule has 7 nitrogen and oxygen atoms in total. The highest BCUT2D eigenvalue weighted by atomic mass is 35.5. The summed E-state index contributed by atoms with van der Waals surface area (Å²) < 4.78 is 33.5. The molecule has 1 aliphatic rings. The fourth-order valence-corrected chi connectivity index (χ4v) is 5.34. The molecule has 0 N–H and O–H groups in total. The molecule has 1 atom stereocenters. The molecule has 2 heterocycles. The maximum absolute atomic E-state index is 13.1. The Hall–Kier alpha value is -2.68. The first-order valence-electron chi connectivity index (χ1n) is 9.92. The van der Waals surface area contributed by atoms with Crippen molar-refractivity contribution >= 4 is 27.4 Å². The Bertz CT molecular complexity index is 1170. The molecular formula is C22H23ClN4O3S. The van der Waals surface area contributed by atoms with E-state index in [0.717, 1.165) is 5.56 Å². The molecule has 1 aliphatic heterocycles. The molecule has 2 aromatic carbocycles. The summed E-state index contributed by atoms with van der Waals surface area (Å²) in [5.74, 6) is 1.56. The second kappa shape index (κ2) is 8.82. The van der Waals surface area contributed by atoms with Gasteiger partial charge >= 0.3 is 0 Å². The van der Waals surface area contributed by atoms with Gasteiger partial charge in [-0.25, -0.2) is 18.4 Å². The van der Waals surface area contributed by atoms with E-state index in [1.54, 1.807) is 34.6 Å². The average molecular weight is 459 g/mol. The first-order valence-corrected chi connectivity index (χ1v) is 11.7. The number of para-hydroxylation sites is 1. The fraction of sp³-hybridized carbons (Fsp3) is 0.273. The second-order valence-electron chi connectivity index (χ2n) is 7.47. The van der Waals surface area contributed by atoms with Crippen LogP contribution < -0.4 is 9.64 Å². The van der Waals surface area contributed by atoms with E-state index in [9.17, 15) is 8.42 Å². The Labute approximate surface area is 187 Å². The smallest absolute Gasteiger partial charge is 0.243 e. The predicted molar refractivity (Wildman–Crippen MR) is 120 cm³/mol. The number of aryl methyl sites for hydroxylation is 1. The van der Waals surface area contributed by atoms with Gasteiger partial charge in [-0.05, 0) is 38.1 Å². The molecule has 0 amide bonds. The largest absolute Gasteiger partial charge is 0.437 e. The van der Waals surface area contributed by atoms with Gasteiger partial charge in [0.15, 0.2) is 0 Å². The van der Waals surface area contributed by atoms with Crippen LogP contribution in [-0.2, 0) is 10.0 Å². The molecule has 1 saturated heterocycles. The Kier molecular flexibility index (Phi) is 6.13. The lowest BCUT2D eigenvalue weighted by Gasteiger charge is -2.39. The second-order valence-corrected chi connectivity index (χ2v) is 9.77. The number of benzene rings is 2. The van der Waals surface area contributed by atoms with Crippen LogP contribution in [0.3, 0.4) is 0 Å². The van der Waals surface area contributed by atoms with E-state index in [4.69, 9.17) is 16.3 Å². The minimum atomic E-state index is -3.55. The van der Waals surface area contributed by atoms with Gasteiger partial charge in [0.1, 0.15) is 17.9 Å². The quantitative estimate of drug-likeness (QED) is 0.572. The summed E-state index contributed by atoms with van der Waals surface area (Å²) in [7, 11) is -3.55. The normalized spacial score (nSPS) is 17.5. The molecule has 4 rings (SSSR count). The Balaban J connectivity index is 1.49. The first-order chi connectivity index (χ1) is 14.8. The van der Waals surface area contributed by atoms with Crippen molar-refractivity contribution in [2.45, 2.75) is 24.8 Å². The number of anilines is 1. The molecule has 9 heteroatoms. The van der Waals surface area contributed by atoms with Gasteiger partial charge in [0, 0.05) is 31.7 Å². The predicted octanol–water partition coefficient (Wildman–Crippen LogP) is 4.13. The summed E-state index contributed by atoms with van der Waals surface area (Å²) in [6.07, 6.45) is 1.43. The highest BCUT2D eigenvalue weighted by molar-refractivity contribution is 7.89. The summed E-state index contributed by atoms with van der Waals surface area (Å²) in [5, 5.41) is 0.492. The van der Waals surface area contributed by atoms with E-state index in [2.05, 4.69) is 9.97 Å². The Morgan fingerprint density at radius 3 is 2.52 bits per heavy atom. The number of hydrogen-bond acceptors (Lipinski definition) is 6. The van der Waals surface area contributed by atoms with Crippen LogP contribution in [0.4, 0.5) is 5.82 Å². The van der Waals surface area contributed by atoms with Crippen molar-refractivity contribution in [1.29, 1.82) is 0 Å². The van der Waals surface area contributed by atoms with Gasteiger partial charge in [-0.1, -0.05) is 41.4 Å². The van der Waals surface area contributed by atoms with Gasteiger partial charge in [0.05, 0.1) is 9.92 Å². The number of piperazine rings is 1. The molecule has 1 fully saturated rings. The van der Waals surface area contributed by atoms with Gasteiger partial charge in [0.2, 0.25) is 15.9 Å². The van der Waals surface area contributed by atoms with Crippen molar-refractivity contribution in [3.8, 4) is 11.6 Å². The molecule has 1 aromatic heterocycles. The maximum atomic E-state index is 13.1. The van der Waals surface area contributed by atoms with E-state index in [1.807, 2.05) is 43.0 Å². The highest BCUT2D eigenvalue weighted by Crippen LogP contribution is 2.30. The van der Waals surface area contributed by atoms with Gasteiger partial charge in [-0.2, -0.15) is 4.31 Å². The van der Waals surface area contributed by atoms with Crippen molar-refractivity contribution < 1.29 is 13.2 Å². The van der Waals surface area contributed by atoms with Crippen LogP contribution in [-0.4, -0.2) is 48.4 Å². The minimum absolute atomic E-state index is 0.219. The van der Waals surface area contributed by atoms with E-state index < -0.39 is 10.0 Å². The first kappa shape index (κ1) is 21.5. The average Bonchev–Trinajstić information content (AvgIpc) is 2.76. The zero-order valence-electron chi connectivity index (χ0n) is 17.3. The number of aromatic nitrogens is 2. The van der Waals surface area contributed by atoms with Crippen LogP contribution in [0.15, 0.2) is 65.8 Å². The summed E-state index contributed by atoms with van der Waals surface area (Å²) in [5.41, 5.74) is 1.02. The van der Waals surface area contributed by atoms with Crippen LogP contribution in [0.1, 0.15) is 12.5 Å². The lowest BCUT2D eigenvalue weighted by Crippen LogP contribution is -2.54. The van der Waals surface area contributed by atoms with Crippen molar-refractivity contribution in [1.82, 2.24) is 14.3 Å². The molecular weight excluding hydrogens is 436 g/mol. The van der Waals surface area contributed by atoms with Gasteiger partial charge in [-0.15, -0.1) is 0 Å². The van der Waals surface area contributed by atoms with Crippen LogP contribution in [0.25, 0.3) is 0 Å². The minimum Gasteiger partial charge on any atom is -0.437 e. The van der Waals surface area contributed by atoms with Crippen LogP contribution in [0, 0.1) is 6.92 Å². The maximum Gasteiger partial charge on any atom is 0.243 e. The molecule has 0 spiro atoms. The molecule has 0 bridgehead atoms. The summed E-state index contributed by atoms with van der Waals surface area (Å²) in [6.45, 7) is 5.22.